The molecule has 12 heteroatoms. The highest BCUT2D eigenvalue weighted by molar-refractivity contribution is 7.92. The molecule has 0 radical (unpaired) electrons. The third-order valence-corrected chi connectivity index (χ3v) is 8.67. The Morgan fingerprint density at radius 1 is 1.17 bits per heavy atom. The lowest BCUT2D eigenvalue weighted by Crippen LogP contribution is -2.61. The molecule has 2 fully saturated rings. The minimum absolute atomic E-state index is 0.0119. The van der Waals surface area contributed by atoms with Crippen LogP contribution in [0.5, 0.6) is 0 Å². The first-order chi connectivity index (χ1) is 16.2. The molecule has 4 rings (SSSR count). The van der Waals surface area contributed by atoms with E-state index in [0.29, 0.717) is 13.0 Å². The first kappa shape index (κ1) is 25.6. The van der Waals surface area contributed by atoms with Crippen molar-refractivity contribution in [3.8, 4) is 0 Å². The van der Waals surface area contributed by atoms with E-state index >= 15 is 0 Å². The predicted molar refractivity (Wildman–Crippen MR) is 133 cm³/mol. The SMILES string of the molecule is CC(C)(C)CCN1C(=O)C(C2=NS(=O)(=O)c3cc(NS(C)(=O)=O)ccc3N2)C(=O)C2CCCCC21. The maximum atomic E-state index is 13.7. The molecular formula is C23H32N4O6S2. The zero-order chi connectivity index (χ0) is 25.8. The zero-order valence-corrected chi connectivity index (χ0v) is 22.0. The van der Waals surface area contributed by atoms with Gasteiger partial charge in [-0.25, -0.2) is 8.42 Å². The summed E-state index contributed by atoms with van der Waals surface area (Å²) in [5.74, 6) is -2.55. The molecule has 2 heterocycles. The number of nitrogens with one attached hydrogen (secondary N) is 2. The molecule has 1 saturated carbocycles. The molecule has 0 spiro atoms. The number of rotatable bonds is 5. The van der Waals surface area contributed by atoms with Gasteiger partial charge in [0, 0.05) is 24.2 Å². The largest absolute Gasteiger partial charge is 0.341 e. The summed E-state index contributed by atoms with van der Waals surface area (Å²) in [5.41, 5.74) is 0.197. The number of benzene rings is 1. The van der Waals surface area contributed by atoms with Crippen LogP contribution in [0.15, 0.2) is 27.5 Å². The zero-order valence-electron chi connectivity index (χ0n) is 20.4. The van der Waals surface area contributed by atoms with Crippen molar-refractivity contribution in [2.75, 3.05) is 22.8 Å². The lowest BCUT2D eigenvalue weighted by molar-refractivity contribution is -0.152. The highest BCUT2D eigenvalue weighted by atomic mass is 32.2. The number of likely N-dealkylation sites (tertiary alicyclic amines) is 1. The van der Waals surface area contributed by atoms with Crippen LogP contribution in [0, 0.1) is 17.3 Å². The number of nitrogens with zero attached hydrogens (tertiary/aromatic N) is 2. The molecule has 1 amide bonds. The Morgan fingerprint density at radius 2 is 1.86 bits per heavy atom. The lowest BCUT2D eigenvalue weighted by Gasteiger charge is -2.46. The van der Waals surface area contributed by atoms with Crippen LogP contribution in [0.3, 0.4) is 0 Å². The summed E-state index contributed by atoms with van der Waals surface area (Å²) in [6.07, 6.45) is 4.97. The van der Waals surface area contributed by atoms with Crippen LogP contribution >= 0.6 is 0 Å². The van der Waals surface area contributed by atoms with Gasteiger partial charge in [-0.05, 0) is 42.9 Å². The van der Waals surface area contributed by atoms with E-state index in [-0.39, 0.29) is 45.3 Å². The first-order valence-electron chi connectivity index (χ1n) is 11.7. The molecule has 1 aromatic carbocycles. The van der Waals surface area contributed by atoms with Gasteiger partial charge in [0.1, 0.15) is 10.7 Å². The molecule has 3 atom stereocenters. The third-order valence-electron chi connectivity index (χ3n) is 6.73. The number of ketones is 1. The average molecular weight is 525 g/mol. The van der Waals surface area contributed by atoms with Crippen molar-refractivity contribution in [1.82, 2.24) is 4.90 Å². The van der Waals surface area contributed by atoms with E-state index in [9.17, 15) is 26.4 Å². The number of piperidine rings is 1. The monoisotopic (exact) mass is 524 g/mol. The number of hydrogen-bond acceptors (Lipinski definition) is 7. The van der Waals surface area contributed by atoms with Gasteiger partial charge in [0.25, 0.3) is 10.0 Å². The molecular weight excluding hydrogens is 492 g/mol. The van der Waals surface area contributed by atoms with Crippen LogP contribution in [0.1, 0.15) is 52.9 Å². The van der Waals surface area contributed by atoms with Crippen LogP contribution in [0.25, 0.3) is 0 Å². The molecule has 0 bridgehead atoms. The standard InChI is InChI=1S/C23H32N4O6S2/c1-23(2,3)11-12-27-17-8-6-5-7-15(17)20(28)19(22(27)29)21-24-16-10-9-14(25-34(4,30)31)13-18(16)35(32,33)26-21/h9-10,13,15,17,19,25H,5-8,11-12H2,1-4H3,(H,24,26). The fraction of sp³-hybridized carbons (Fsp3) is 0.609. The summed E-state index contributed by atoms with van der Waals surface area (Å²) in [7, 11) is -7.89. The molecule has 3 unspecified atom stereocenters. The minimum Gasteiger partial charge on any atom is -0.341 e. The van der Waals surface area contributed by atoms with E-state index in [4.69, 9.17) is 0 Å². The van der Waals surface area contributed by atoms with E-state index in [1.165, 1.54) is 12.1 Å². The van der Waals surface area contributed by atoms with Crippen molar-refractivity contribution < 1.29 is 26.4 Å². The Balaban J connectivity index is 1.69. The molecule has 0 aromatic heterocycles. The van der Waals surface area contributed by atoms with Gasteiger partial charge in [0.15, 0.2) is 11.7 Å². The first-order valence-corrected chi connectivity index (χ1v) is 15.1. The summed E-state index contributed by atoms with van der Waals surface area (Å²) in [6, 6.07) is 3.80. The highest BCUT2D eigenvalue weighted by Crippen LogP contribution is 2.39. The molecule has 2 aliphatic heterocycles. The number of fused-ring (bicyclic) bond motifs is 2. The van der Waals surface area contributed by atoms with Crippen molar-refractivity contribution in [3.05, 3.63) is 18.2 Å². The van der Waals surface area contributed by atoms with Crippen molar-refractivity contribution in [2.45, 2.75) is 63.8 Å². The molecule has 35 heavy (non-hydrogen) atoms. The number of hydrogen-bond donors (Lipinski definition) is 2. The van der Waals surface area contributed by atoms with Crippen LogP contribution in [-0.2, 0) is 29.6 Å². The number of amides is 1. The minimum atomic E-state index is -4.28. The van der Waals surface area contributed by atoms with Gasteiger partial charge in [0.2, 0.25) is 15.9 Å². The van der Waals surface area contributed by atoms with E-state index in [0.717, 1.165) is 38.0 Å². The van der Waals surface area contributed by atoms with Gasteiger partial charge in [0.05, 0.1) is 11.9 Å². The second-order valence-corrected chi connectivity index (χ2v) is 14.1. The number of carbonyl (C=O) groups excluding carboxylic acids is 2. The van der Waals surface area contributed by atoms with Crippen LogP contribution in [0.2, 0.25) is 0 Å². The van der Waals surface area contributed by atoms with Crippen molar-refractivity contribution >= 4 is 48.9 Å². The lowest BCUT2D eigenvalue weighted by atomic mass is 9.73. The van der Waals surface area contributed by atoms with Gasteiger partial charge in [-0.2, -0.15) is 8.42 Å². The Morgan fingerprint density at radius 3 is 2.51 bits per heavy atom. The predicted octanol–water partition coefficient (Wildman–Crippen LogP) is 2.59. The second kappa shape index (κ2) is 8.88. The molecule has 1 aromatic rings. The normalized spacial score (nSPS) is 26.3. The van der Waals surface area contributed by atoms with Crippen molar-refractivity contribution in [2.24, 2.45) is 21.6 Å². The number of anilines is 2. The molecule has 10 nitrogen and oxygen atoms in total. The maximum absolute atomic E-state index is 13.7. The maximum Gasteiger partial charge on any atom is 0.286 e. The van der Waals surface area contributed by atoms with Gasteiger partial charge in [-0.3, -0.25) is 14.3 Å². The highest BCUT2D eigenvalue weighted by Gasteiger charge is 2.51. The van der Waals surface area contributed by atoms with E-state index < -0.39 is 31.9 Å². The number of amidine groups is 1. The number of carbonyl (C=O) groups is 2. The molecule has 192 valence electrons. The Bertz CT molecular complexity index is 1300. The van der Waals surface area contributed by atoms with Crippen LogP contribution in [-0.4, -0.2) is 58.1 Å². The van der Waals surface area contributed by atoms with Crippen LogP contribution < -0.4 is 10.0 Å². The van der Waals surface area contributed by atoms with Gasteiger partial charge in [-0.1, -0.05) is 33.6 Å². The fourth-order valence-electron chi connectivity index (χ4n) is 5.05. The summed E-state index contributed by atoms with van der Waals surface area (Å²) < 4.78 is 55.2. The molecule has 3 aliphatic rings. The second-order valence-electron chi connectivity index (χ2n) is 10.8. The van der Waals surface area contributed by atoms with E-state index in [1.54, 1.807) is 4.90 Å². The molecule has 2 N–H and O–H groups in total. The number of sulfonamides is 2. The van der Waals surface area contributed by atoms with E-state index in [1.807, 2.05) is 0 Å². The quantitative estimate of drug-likeness (QED) is 0.564. The van der Waals surface area contributed by atoms with E-state index in [2.05, 4.69) is 35.2 Å². The number of Topliss-reactive ketones (excluding diaryl/α,β-unsaturated/α-hetero) is 1. The van der Waals surface area contributed by atoms with Crippen molar-refractivity contribution in [1.29, 1.82) is 0 Å². The van der Waals surface area contributed by atoms with Crippen LogP contribution in [0.4, 0.5) is 11.4 Å². The molecule has 1 aliphatic carbocycles. The fourth-order valence-corrected chi connectivity index (χ4v) is 6.78. The summed E-state index contributed by atoms with van der Waals surface area (Å²) in [5, 5.41) is 2.89. The van der Waals surface area contributed by atoms with Crippen molar-refractivity contribution in [3.63, 3.8) is 0 Å². The van der Waals surface area contributed by atoms with Gasteiger partial charge >= 0.3 is 0 Å². The summed E-state index contributed by atoms with van der Waals surface area (Å²) in [4.78, 5) is 28.7. The smallest absolute Gasteiger partial charge is 0.286 e. The summed E-state index contributed by atoms with van der Waals surface area (Å²) in [6.45, 7) is 6.76. The van der Waals surface area contributed by atoms with Gasteiger partial charge < -0.3 is 10.2 Å². The summed E-state index contributed by atoms with van der Waals surface area (Å²) >= 11 is 0. The Kier molecular flexibility index (Phi) is 6.50. The third kappa shape index (κ3) is 5.37. The topological polar surface area (TPSA) is 142 Å². The Labute approximate surface area is 206 Å². The molecule has 1 saturated heterocycles. The Hall–Kier alpha value is -2.47. The average Bonchev–Trinajstić information content (AvgIpc) is 2.72. The van der Waals surface area contributed by atoms with Gasteiger partial charge in [-0.15, -0.1) is 4.40 Å².